The molecule has 0 aromatic heterocycles. The van der Waals surface area contributed by atoms with Crippen LogP contribution in [0.2, 0.25) is 0 Å². The molecule has 0 amide bonds. The summed E-state index contributed by atoms with van der Waals surface area (Å²) >= 11 is 0. The number of halogens is 1. The van der Waals surface area contributed by atoms with Crippen molar-refractivity contribution in [1.29, 1.82) is 0 Å². The topological polar surface area (TPSA) is 91.7 Å². The molecule has 0 spiro atoms. The number of aliphatic carboxylic acids is 1. The first-order chi connectivity index (χ1) is 11.7. The Morgan fingerprint density at radius 1 is 1.20 bits per heavy atom. The van der Waals surface area contributed by atoms with Gasteiger partial charge in [-0.3, -0.25) is 4.79 Å². The van der Waals surface area contributed by atoms with Crippen LogP contribution in [-0.4, -0.2) is 36.5 Å². The second-order valence-electron chi connectivity index (χ2n) is 6.31. The lowest BCUT2D eigenvalue weighted by Crippen LogP contribution is -2.27. The summed E-state index contributed by atoms with van der Waals surface area (Å²) in [5.41, 5.74) is -0.766. The maximum absolute atomic E-state index is 13.5. The predicted octanol–water partition coefficient (Wildman–Crippen LogP) is 2.14. The number of carbonyl (C=O) groups is 1. The lowest BCUT2D eigenvalue weighted by molar-refractivity contribution is -0.145. The highest BCUT2D eigenvalue weighted by atomic mass is 32.2. The van der Waals surface area contributed by atoms with Gasteiger partial charge in [0.05, 0.1) is 16.8 Å². The Morgan fingerprint density at radius 3 is 2.36 bits per heavy atom. The average molecular weight is 364 g/mol. The number of carboxylic acid groups (broad SMARTS) is 1. The molecule has 0 bridgehead atoms. The lowest BCUT2D eigenvalue weighted by Gasteiger charge is -2.09. The number of carboxylic acids is 1. The van der Waals surface area contributed by atoms with Crippen molar-refractivity contribution in [1.82, 2.24) is 0 Å². The van der Waals surface area contributed by atoms with Gasteiger partial charge in [0.2, 0.25) is 0 Å². The van der Waals surface area contributed by atoms with Gasteiger partial charge in [0, 0.05) is 5.92 Å². The summed E-state index contributed by atoms with van der Waals surface area (Å²) < 4.78 is 39.5. The Morgan fingerprint density at radius 2 is 1.84 bits per heavy atom. The summed E-state index contributed by atoms with van der Waals surface area (Å²) in [6.07, 6.45) is 0. The standard InChI is InChI=1S/C18H17FO5S/c1-11-5-7-14(8-6-11)25(23,24)16-15(18(16,10-20)17(21)22)12-3-2-4-13(19)9-12/h2-9,15-16,20H,10H2,1H3,(H,21,22)/t15-,16+,18-/m0/s1. The maximum Gasteiger partial charge on any atom is 0.314 e. The molecule has 3 atom stereocenters. The first kappa shape index (κ1) is 17.6. The lowest BCUT2D eigenvalue weighted by atomic mass is 10.00. The highest BCUT2D eigenvalue weighted by Gasteiger charge is 2.75. The Hall–Kier alpha value is -2.25. The van der Waals surface area contributed by atoms with Crippen molar-refractivity contribution in [2.24, 2.45) is 5.41 Å². The Kier molecular flexibility index (Phi) is 4.17. The quantitative estimate of drug-likeness (QED) is 0.848. The van der Waals surface area contributed by atoms with Crippen LogP contribution in [0.4, 0.5) is 4.39 Å². The van der Waals surface area contributed by atoms with Crippen LogP contribution in [0.15, 0.2) is 53.4 Å². The fraction of sp³-hybridized carbons (Fsp3) is 0.278. The van der Waals surface area contributed by atoms with Crippen molar-refractivity contribution in [2.75, 3.05) is 6.61 Å². The van der Waals surface area contributed by atoms with Gasteiger partial charge in [-0.2, -0.15) is 0 Å². The molecule has 2 aromatic rings. The molecule has 1 fully saturated rings. The minimum atomic E-state index is -4.02. The van der Waals surface area contributed by atoms with Gasteiger partial charge in [0.15, 0.2) is 9.84 Å². The van der Waals surface area contributed by atoms with Crippen molar-refractivity contribution in [3.05, 3.63) is 65.5 Å². The normalized spacial score (nSPS) is 25.6. The third kappa shape index (κ3) is 2.63. The van der Waals surface area contributed by atoms with Crippen molar-refractivity contribution < 1.29 is 27.8 Å². The molecule has 5 nitrogen and oxygen atoms in total. The van der Waals surface area contributed by atoms with E-state index in [0.29, 0.717) is 0 Å². The zero-order valence-corrected chi connectivity index (χ0v) is 14.2. The van der Waals surface area contributed by atoms with E-state index < -0.39 is 44.8 Å². The van der Waals surface area contributed by atoms with Crippen molar-refractivity contribution >= 4 is 15.8 Å². The number of hydrogen-bond donors (Lipinski definition) is 2. The molecule has 2 N–H and O–H groups in total. The third-order valence-corrected chi connectivity index (χ3v) is 7.10. The molecule has 1 saturated carbocycles. The van der Waals surface area contributed by atoms with Gasteiger partial charge in [0.25, 0.3) is 0 Å². The number of benzene rings is 2. The molecule has 1 aliphatic carbocycles. The molecule has 25 heavy (non-hydrogen) atoms. The SMILES string of the molecule is Cc1ccc(S(=O)(=O)[C@@H]2[C@H](c3cccc(F)c3)[C@]2(CO)C(=O)O)cc1. The molecule has 0 radical (unpaired) electrons. The summed E-state index contributed by atoms with van der Waals surface area (Å²) in [6.45, 7) is 0.956. The maximum atomic E-state index is 13.5. The van der Waals surface area contributed by atoms with Crippen LogP contribution in [0.25, 0.3) is 0 Å². The van der Waals surface area contributed by atoms with Crippen LogP contribution in [0.3, 0.4) is 0 Å². The van der Waals surface area contributed by atoms with Gasteiger partial charge in [0.1, 0.15) is 11.2 Å². The molecule has 2 aromatic carbocycles. The van der Waals surface area contributed by atoms with E-state index in [1.165, 1.54) is 30.3 Å². The molecule has 0 unspecified atom stereocenters. The molecular weight excluding hydrogens is 347 g/mol. The van der Waals surface area contributed by atoms with E-state index in [0.717, 1.165) is 11.6 Å². The van der Waals surface area contributed by atoms with E-state index in [1.54, 1.807) is 19.1 Å². The van der Waals surface area contributed by atoms with E-state index in [-0.39, 0.29) is 10.5 Å². The smallest absolute Gasteiger partial charge is 0.314 e. The van der Waals surface area contributed by atoms with Crippen LogP contribution < -0.4 is 0 Å². The third-order valence-electron chi connectivity index (χ3n) is 4.81. The molecular formula is C18H17FO5S. The number of sulfone groups is 1. The average Bonchev–Trinajstić information content (AvgIpc) is 3.27. The minimum absolute atomic E-state index is 0.0129. The summed E-state index contributed by atoms with van der Waals surface area (Å²) in [7, 11) is -4.02. The Labute approximate surface area is 144 Å². The van der Waals surface area contributed by atoms with Crippen molar-refractivity contribution in [2.45, 2.75) is 23.0 Å². The second-order valence-corrected chi connectivity index (χ2v) is 8.38. The first-order valence-corrected chi connectivity index (χ1v) is 9.20. The van der Waals surface area contributed by atoms with Crippen molar-refractivity contribution in [3.63, 3.8) is 0 Å². The highest BCUT2D eigenvalue weighted by Crippen LogP contribution is 2.64. The number of hydrogen-bond acceptors (Lipinski definition) is 4. The summed E-state index contributed by atoms with van der Waals surface area (Å²) in [5.74, 6) is -3.02. The zero-order valence-electron chi connectivity index (χ0n) is 13.4. The molecule has 3 rings (SSSR count). The summed E-state index contributed by atoms with van der Waals surface area (Å²) in [6, 6.07) is 11.2. The van der Waals surface area contributed by atoms with Crippen LogP contribution in [0.5, 0.6) is 0 Å². The van der Waals surface area contributed by atoms with E-state index in [2.05, 4.69) is 0 Å². The molecule has 1 aliphatic rings. The Balaban J connectivity index is 2.12. The largest absolute Gasteiger partial charge is 0.481 e. The van der Waals surface area contributed by atoms with E-state index in [4.69, 9.17) is 0 Å². The highest BCUT2D eigenvalue weighted by molar-refractivity contribution is 7.92. The number of aryl methyl sites for hydroxylation is 1. The number of rotatable bonds is 5. The van der Waals surface area contributed by atoms with Crippen LogP contribution in [0.1, 0.15) is 17.0 Å². The zero-order chi connectivity index (χ0) is 18.4. The second kappa shape index (κ2) is 5.93. The van der Waals surface area contributed by atoms with E-state index in [9.17, 15) is 27.8 Å². The number of aliphatic hydroxyl groups excluding tert-OH is 1. The fourth-order valence-electron chi connectivity index (χ4n) is 3.42. The van der Waals surface area contributed by atoms with Gasteiger partial charge in [-0.1, -0.05) is 29.8 Å². The van der Waals surface area contributed by atoms with Gasteiger partial charge in [-0.05, 0) is 36.8 Å². The molecule has 0 heterocycles. The van der Waals surface area contributed by atoms with Crippen LogP contribution in [0, 0.1) is 18.2 Å². The molecule has 0 aliphatic heterocycles. The van der Waals surface area contributed by atoms with Crippen LogP contribution in [-0.2, 0) is 14.6 Å². The molecule has 0 saturated heterocycles. The van der Waals surface area contributed by atoms with Gasteiger partial charge >= 0.3 is 5.97 Å². The van der Waals surface area contributed by atoms with Crippen LogP contribution >= 0.6 is 0 Å². The molecule has 132 valence electrons. The summed E-state index contributed by atoms with van der Waals surface area (Å²) in [5, 5.41) is 18.0. The van der Waals surface area contributed by atoms with Gasteiger partial charge in [-0.25, -0.2) is 12.8 Å². The molecule has 7 heteroatoms. The number of aliphatic hydroxyl groups is 1. The Bertz CT molecular complexity index is 923. The van der Waals surface area contributed by atoms with Crippen molar-refractivity contribution in [3.8, 4) is 0 Å². The van der Waals surface area contributed by atoms with Gasteiger partial charge < -0.3 is 10.2 Å². The van der Waals surface area contributed by atoms with E-state index >= 15 is 0 Å². The van der Waals surface area contributed by atoms with E-state index in [1.807, 2.05) is 0 Å². The first-order valence-electron chi connectivity index (χ1n) is 7.65. The summed E-state index contributed by atoms with van der Waals surface area (Å²) in [4.78, 5) is 11.8. The monoisotopic (exact) mass is 364 g/mol. The minimum Gasteiger partial charge on any atom is -0.481 e. The van der Waals surface area contributed by atoms with Gasteiger partial charge in [-0.15, -0.1) is 0 Å². The fourth-order valence-corrected chi connectivity index (χ4v) is 5.78. The predicted molar refractivity (Wildman–Crippen MR) is 88.4 cm³/mol.